The van der Waals surface area contributed by atoms with E-state index >= 15 is 0 Å². The van der Waals surface area contributed by atoms with Crippen molar-refractivity contribution in [2.45, 2.75) is 26.2 Å². The first-order valence-corrected chi connectivity index (χ1v) is 7.03. The van der Waals surface area contributed by atoms with Crippen molar-refractivity contribution in [2.24, 2.45) is 11.1 Å². The predicted molar refractivity (Wildman–Crippen MR) is 80.2 cm³/mol. The summed E-state index contributed by atoms with van der Waals surface area (Å²) in [6.45, 7) is 2.91. The van der Waals surface area contributed by atoms with Gasteiger partial charge >= 0.3 is 0 Å². The molecule has 0 aliphatic heterocycles. The molecule has 0 radical (unpaired) electrons. The molecular weight excluding hydrogens is 230 g/mol. The van der Waals surface area contributed by atoms with Crippen LogP contribution in [-0.4, -0.2) is 6.54 Å². The quantitative estimate of drug-likeness (QED) is 0.890. The summed E-state index contributed by atoms with van der Waals surface area (Å²) >= 11 is 0. The van der Waals surface area contributed by atoms with Crippen LogP contribution < -0.4 is 5.73 Å². The van der Waals surface area contributed by atoms with Gasteiger partial charge in [0.15, 0.2) is 0 Å². The fourth-order valence-corrected chi connectivity index (χ4v) is 3.37. The van der Waals surface area contributed by atoms with Gasteiger partial charge in [-0.3, -0.25) is 0 Å². The Bertz CT molecular complexity index is 561. The van der Waals surface area contributed by atoms with Crippen molar-refractivity contribution in [3.8, 4) is 0 Å². The lowest BCUT2D eigenvalue weighted by atomic mass is 9.79. The molecule has 1 heteroatoms. The number of benzene rings is 2. The molecule has 1 aliphatic carbocycles. The fourth-order valence-electron chi connectivity index (χ4n) is 3.37. The van der Waals surface area contributed by atoms with Gasteiger partial charge in [-0.15, -0.1) is 0 Å². The van der Waals surface area contributed by atoms with Crippen LogP contribution in [0.1, 0.15) is 22.3 Å². The van der Waals surface area contributed by atoms with Crippen LogP contribution in [0.25, 0.3) is 0 Å². The van der Waals surface area contributed by atoms with Gasteiger partial charge in [0, 0.05) is 0 Å². The maximum absolute atomic E-state index is 6.13. The second-order valence-electron chi connectivity index (χ2n) is 5.99. The van der Waals surface area contributed by atoms with Gasteiger partial charge in [0.05, 0.1) is 0 Å². The van der Waals surface area contributed by atoms with E-state index in [0.29, 0.717) is 0 Å². The lowest BCUT2D eigenvalue weighted by Gasteiger charge is -2.27. The van der Waals surface area contributed by atoms with Crippen molar-refractivity contribution in [2.75, 3.05) is 6.54 Å². The molecule has 0 amide bonds. The first-order valence-electron chi connectivity index (χ1n) is 7.03. The Kier molecular flexibility index (Phi) is 3.16. The Morgan fingerprint density at radius 3 is 2.26 bits per heavy atom. The second-order valence-corrected chi connectivity index (χ2v) is 5.99. The number of nitrogens with two attached hydrogens (primary N) is 1. The van der Waals surface area contributed by atoms with Crippen LogP contribution in [-0.2, 0) is 19.3 Å². The lowest BCUT2D eigenvalue weighted by Crippen LogP contribution is -2.33. The van der Waals surface area contributed by atoms with Crippen LogP contribution in [0.5, 0.6) is 0 Å². The van der Waals surface area contributed by atoms with Crippen molar-refractivity contribution in [1.29, 1.82) is 0 Å². The molecule has 2 N–H and O–H groups in total. The summed E-state index contributed by atoms with van der Waals surface area (Å²) < 4.78 is 0. The molecule has 0 unspecified atom stereocenters. The highest BCUT2D eigenvalue weighted by Gasteiger charge is 2.35. The highest BCUT2D eigenvalue weighted by Crippen LogP contribution is 2.38. The van der Waals surface area contributed by atoms with Crippen molar-refractivity contribution in [1.82, 2.24) is 0 Å². The SMILES string of the molecule is Cc1cccc(CC2(CN)Cc3ccccc3C2)c1. The number of fused-ring (bicyclic) bond motifs is 1. The molecule has 2 aromatic rings. The van der Waals surface area contributed by atoms with Crippen molar-refractivity contribution < 1.29 is 0 Å². The van der Waals surface area contributed by atoms with Crippen molar-refractivity contribution in [3.05, 3.63) is 70.8 Å². The molecule has 0 saturated heterocycles. The van der Waals surface area contributed by atoms with Crippen LogP contribution >= 0.6 is 0 Å². The van der Waals surface area contributed by atoms with Crippen LogP contribution in [0.3, 0.4) is 0 Å². The standard InChI is InChI=1S/C18H21N/c1-14-5-4-6-15(9-14)10-18(13-19)11-16-7-2-3-8-17(16)12-18/h2-9H,10-13,19H2,1H3. The van der Waals surface area contributed by atoms with E-state index in [0.717, 1.165) is 25.8 Å². The highest BCUT2D eigenvalue weighted by molar-refractivity contribution is 5.36. The first-order chi connectivity index (χ1) is 9.21. The van der Waals surface area contributed by atoms with Crippen LogP contribution in [0.15, 0.2) is 48.5 Å². The van der Waals surface area contributed by atoms with E-state index in [2.05, 4.69) is 55.5 Å². The Labute approximate surface area is 115 Å². The van der Waals surface area contributed by atoms with E-state index in [1.165, 1.54) is 22.3 Å². The molecule has 0 heterocycles. The summed E-state index contributed by atoms with van der Waals surface area (Å²) in [5.74, 6) is 0. The van der Waals surface area contributed by atoms with E-state index < -0.39 is 0 Å². The third-order valence-electron chi connectivity index (χ3n) is 4.34. The van der Waals surface area contributed by atoms with E-state index in [-0.39, 0.29) is 5.41 Å². The summed E-state index contributed by atoms with van der Waals surface area (Å²) in [5, 5.41) is 0. The van der Waals surface area contributed by atoms with Crippen molar-refractivity contribution in [3.63, 3.8) is 0 Å². The van der Waals surface area contributed by atoms with E-state index in [9.17, 15) is 0 Å². The maximum Gasteiger partial charge on any atom is -0.00109 e. The summed E-state index contributed by atoms with van der Waals surface area (Å²) in [4.78, 5) is 0. The minimum atomic E-state index is 0.220. The predicted octanol–water partition coefficient (Wildman–Crippen LogP) is 3.28. The smallest absolute Gasteiger partial charge is 0.00109 e. The van der Waals surface area contributed by atoms with Crippen LogP contribution in [0, 0.1) is 12.3 Å². The molecule has 0 atom stereocenters. The van der Waals surface area contributed by atoms with E-state index in [1.807, 2.05) is 0 Å². The molecule has 0 spiro atoms. The minimum Gasteiger partial charge on any atom is -0.330 e. The largest absolute Gasteiger partial charge is 0.330 e. The Morgan fingerprint density at radius 2 is 1.68 bits per heavy atom. The molecule has 1 aliphatic rings. The molecule has 19 heavy (non-hydrogen) atoms. The topological polar surface area (TPSA) is 26.0 Å². The van der Waals surface area contributed by atoms with Gasteiger partial charge < -0.3 is 5.73 Å². The van der Waals surface area contributed by atoms with Gasteiger partial charge in [0.25, 0.3) is 0 Å². The van der Waals surface area contributed by atoms with Gasteiger partial charge in [-0.1, -0.05) is 54.1 Å². The normalized spacial score (nSPS) is 16.3. The molecule has 2 aromatic carbocycles. The van der Waals surface area contributed by atoms with Gasteiger partial charge in [-0.25, -0.2) is 0 Å². The lowest BCUT2D eigenvalue weighted by molar-refractivity contribution is 0.315. The fraction of sp³-hybridized carbons (Fsp3) is 0.333. The molecule has 3 rings (SSSR count). The third kappa shape index (κ3) is 2.43. The molecule has 0 fully saturated rings. The zero-order valence-corrected chi connectivity index (χ0v) is 11.5. The van der Waals surface area contributed by atoms with Gasteiger partial charge in [-0.2, -0.15) is 0 Å². The monoisotopic (exact) mass is 251 g/mol. The summed E-state index contributed by atoms with van der Waals surface area (Å²) in [7, 11) is 0. The van der Waals surface area contributed by atoms with Gasteiger partial charge in [-0.05, 0) is 54.8 Å². The molecule has 1 nitrogen and oxygen atoms in total. The minimum absolute atomic E-state index is 0.220. The van der Waals surface area contributed by atoms with Crippen LogP contribution in [0.4, 0.5) is 0 Å². The zero-order valence-electron chi connectivity index (χ0n) is 11.5. The molecule has 0 bridgehead atoms. The Balaban J connectivity index is 1.87. The molecule has 0 saturated carbocycles. The van der Waals surface area contributed by atoms with E-state index in [1.54, 1.807) is 0 Å². The Hall–Kier alpha value is -1.60. The third-order valence-corrected chi connectivity index (χ3v) is 4.34. The van der Waals surface area contributed by atoms with E-state index in [4.69, 9.17) is 5.73 Å². The molecule has 0 aromatic heterocycles. The van der Waals surface area contributed by atoms with Gasteiger partial charge in [0.2, 0.25) is 0 Å². The zero-order chi connectivity index (χ0) is 13.3. The maximum atomic E-state index is 6.13. The van der Waals surface area contributed by atoms with Gasteiger partial charge in [0.1, 0.15) is 0 Å². The number of rotatable bonds is 3. The summed E-state index contributed by atoms with van der Waals surface area (Å²) in [6.07, 6.45) is 3.32. The van der Waals surface area contributed by atoms with Crippen LogP contribution in [0.2, 0.25) is 0 Å². The first kappa shape index (κ1) is 12.4. The highest BCUT2D eigenvalue weighted by atomic mass is 14.6. The molecular formula is C18H21N. The summed E-state index contributed by atoms with van der Waals surface area (Å²) in [6, 6.07) is 17.6. The average molecular weight is 251 g/mol. The average Bonchev–Trinajstić information content (AvgIpc) is 2.77. The Morgan fingerprint density at radius 1 is 1.00 bits per heavy atom. The summed E-state index contributed by atoms with van der Waals surface area (Å²) in [5.41, 5.74) is 12.1. The number of aryl methyl sites for hydroxylation is 1. The number of hydrogen-bond acceptors (Lipinski definition) is 1. The van der Waals surface area contributed by atoms with Crippen molar-refractivity contribution >= 4 is 0 Å². The number of hydrogen-bond donors (Lipinski definition) is 1. The molecule has 98 valence electrons. The second kappa shape index (κ2) is 4.82.